The molecule has 1 aliphatic rings. The van der Waals surface area contributed by atoms with Gasteiger partial charge in [0.15, 0.2) is 9.84 Å². The number of rotatable bonds is 3. The van der Waals surface area contributed by atoms with Crippen LogP contribution in [0.25, 0.3) is 5.82 Å². The molecule has 7 nitrogen and oxygen atoms in total. The van der Waals surface area contributed by atoms with Gasteiger partial charge in [-0.15, -0.1) is 0 Å². The third-order valence-corrected chi connectivity index (χ3v) is 5.81. The predicted octanol–water partition coefficient (Wildman–Crippen LogP) is 0.470. The number of hydrogen-bond acceptors (Lipinski definition) is 4. The van der Waals surface area contributed by atoms with Crippen LogP contribution in [0, 0.1) is 0 Å². The van der Waals surface area contributed by atoms with Crippen LogP contribution in [0.3, 0.4) is 0 Å². The number of amides is 1. The van der Waals surface area contributed by atoms with Crippen LogP contribution >= 0.6 is 0 Å². The van der Waals surface area contributed by atoms with Crippen molar-refractivity contribution in [2.24, 2.45) is 7.05 Å². The Morgan fingerprint density at radius 3 is 2.64 bits per heavy atom. The van der Waals surface area contributed by atoms with Gasteiger partial charge in [-0.3, -0.25) is 9.48 Å². The third-order valence-electron chi connectivity index (χ3n) is 4.06. The molecule has 1 unspecified atom stereocenters. The zero-order chi connectivity index (χ0) is 15.9. The van der Waals surface area contributed by atoms with E-state index in [0.29, 0.717) is 17.8 Å². The molecule has 1 aliphatic heterocycles. The molecular formula is C14H18N4O3S. The quantitative estimate of drug-likeness (QED) is 0.823. The Balaban J connectivity index is 1.90. The molecule has 0 spiro atoms. The lowest BCUT2D eigenvalue weighted by atomic mass is 10.2. The monoisotopic (exact) mass is 322 g/mol. The van der Waals surface area contributed by atoms with Crippen LogP contribution < -0.4 is 0 Å². The fourth-order valence-corrected chi connectivity index (χ4v) is 4.57. The standard InChI is InChI=1S/C14H18N4O3S/c1-16(11-5-8-22(20,21)10-11)14(19)12-9-15-17(2)13(12)18-6-3-4-7-18/h3-4,6-7,9,11H,5,8,10H2,1-2H3. The van der Waals surface area contributed by atoms with Gasteiger partial charge in [-0.1, -0.05) is 0 Å². The lowest BCUT2D eigenvalue weighted by Crippen LogP contribution is -2.38. The average Bonchev–Trinajstić information content (AvgIpc) is 3.16. The van der Waals surface area contributed by atoms with Gasteiger partial charge in [0.2, 0.25) is 0 Å². The maximum absolute atomic E-state index is 12.7. The molecule has 0 radical (unpaired) electrons. The highest BCUT2D eigenvalue weighted by Gasteiger charge is 2.34. The molecule has 0 N–H and O–H groups in total. The maximum Gasteiger partial charge on any atom is 0.259 e. The molecule has 8 heteroatoms. The number of aromatic nitrogens is 3. The number of carbonyl (C=O) groups is 1. The highest BCUT2D eigenvalue weighted by atomic mass is 32.2. The van der Waals surface area contributed by atoms with Gasteiger partial charge >= 0.3 is 0 Å². The summed E-state index contributed by atoms with van der Waals surface area (Å²) < 4.78 is 26.7. The molecule has 1 saturated heterocycles. The largest absolute Gasteiger partial charge is 0.338 e. The molecule has 0 aliphatic carbocycles. The first-order valence-electron chi connectivity index (χ1n) is 7.02. The number of nitrogens with zero attached hydrogens (tertiary/aromatic N) is 4. The van der Waals surface area contributed by atoms with E-state index in [1.54, 1.807) is 18.8 Å². The van der Waals surface area contributed by atoms with E-state index in [-0.39, 0.29) is 23.5 Å². The first kappa shape index (κ1) is 14.8. The zero-order valence-electron chi connectivity index (χ0n) is 12.5. The van der Waals surface area contributed by atoms with E-state index in [1.807, 2.05) is 29.1 Å². The Labute approximate surface area is 129 Å². The summed E-state index contributed by atoms with van der Waals surface area (Å²) in [5.74, 6) is 0.642. The maximum atomic E-state index is 12.7. The lowest BCUT2D eigenvalue weighted by Gasteiger charge is -2.23. The minimum atomic E-state index is -3.02. The van der Waals surface area contributed by atoms with Crippen LogP contribution in [0.4, 0.5) is 0 Å². The van der Waals surface area contributed by atoms with Gasteiger partial charge in [0.05, 0.1) is 17.7 Å². The lowest BCUT2D eigenvalue weighted by molar-refractivity contribution is 0.0747. The normalized spacial score (nSPS) is 20.2. The van der Waals surface area contributed by atoms with Gasteiger partial charge in [-0.05, 0) is 18.6 Å². The van der Waals surface area contributed by atoms with Crippen molar-refractivity contribution in [2.45, 2.75) is 12.5 Å². The summed E-state index contributed by atoms with van der Waals surface area (Å²) >= 11 is 0. The molecule has 3 heterocycles. The first-order chi connectivity index (χ1) is 10.4. The minimum Gasteiger partial charge on any atom is -0.338 e. The summed E-state index contributed by atoms with van der Waals surface area (Å²) in [7, 11) is 0.399. The Hall–Kier alpha value is -2.09. The van der Waals surface area contributed by atoms with Crippen molar-refractivity contribution in [1.29, 1.82) is 0 Å². The second-order valence-electron chi connectivity index (χ2n) is 5.57. The van der Waals surface area contributed by atoms with Crippen LogP contribution in [0.1, 0.15) is 16.8 Å². The molecule has 1 atom stereocenters. The summed E-state index contributed by atoms with van der Waals surface area (Å²) in [6.45, 7) is 0. The molecule has 1 amide bonds. The second-order valence-corrected chi connectivity index (χ2v) is 7.80. The summed E-state index contributed by atoms with van der Waals surface area (Å²) in [4.78, 5) is 14.3. The van der Waals surface area contributed by atoms with Crippen molar-refractivity contribution < 1.29 is 13.2 Å². The Morgan fingerprint density at radius 2 is 2.05 bits per heavy atom. The fraction of sp³-hybridized carbons (Fsp3) is 0.429. The van der Waals surface area contributed by atoms with Crippen LogP contribution in [0.15, 0.2) is 30.7 Å². The molecule has 0 aromatic carbocycles. The van der Waals surface area contributed by atoms with Crippen LogP contribution in [-0.4, -0.2) is 58.2 Å². The van der Waals surface area contributed by atoms with E-state index >= 15 is 0 Å². The van der Waals surface area contributed by atoms with Crippen molar-refractivity contribution in [3.05, 3.63) is 36.3 Å². The molecule has 2 aromatic rings. The molecule has 1 fully saturated rings. The number of carbonyl (C=O) groups excluding carboxylic acids is 1. The van der Waals surface area contributed by atoms with E-state index in [9.17, 15) is 13.2 Å². The number of sulfone groups is 1. The zero-order valence-corrected chi connectivity index (χ0v) is 13.3. The summed E-state index contributed by atoms with van der Waals surface area (Å²) in [5, 5.41) is 4.16. The minimum absolute atomic E-state index is 0.0361. The van der Waals surface area contributed by atoms with Gasteiger partial charge in [0.25, 0.3) is 5.91 Å². The smallest absolute Gasteiger partial charge is 0.259 e. The molecule has 0 saturated carbocycles. The van der Waals surface area contributed by atoms with Gasteiger partial charge in [0, 0.05) is 32.5 Å². The van der Waals surface area contributed by atoms with Crippen molar-refractivity contribution in [1.82, 2.24) is 19.2 Å². The predicted molar refractivity (Wildman–Crippen MR) is 81.7 cm³/mol. The SMILES string of the molecule is CN(C(=O)c1cnn(C)c1-n1cccc1)C1CCS(=O)(=O)C1. The molecule has 3 rings (SSSR count). The number of hydrogen-bond donors (Lipinski definition) is 0. The van der Waals surface area contributed by atoms with Gasteiger partial charge in [-0.25, -0.2) is 8.42 Å². The summed E-state index contributed by atoms with van der Waals surface area (Å²) in [6.07, 6.45) is 5.70. The molecule has 118 valence electrons. The first-order valence-corrected chi connectivity index (χ1v) is 8.84. The van der Waals surface area contributed by atoms with E-state index in [4.69, 9.17) is 0 Å². The van der Waals surface area contributed by atoms with Crippen LogP contribution in [0.5, 0.6) is 0 Å². The Kier molecular flexibility index (Phi) is 3.56. The summed E-state index contributed by atoms with van der Waals surface area (Å²) in [6, 6.07) is 3.47. The van der Waals surface area contributed by atoms with Crippen molar-refractivity contribution in [3.8, 4) is 5.82 Å². The van der Waals surface area contributed by atoms with E-state index < -0.39 is 9.84 Å². The van der Waals surface area contributed by atoms with Crippen molar-refractivity contribution in [3.63, 3.8) is 0 Å². The molecule has 22 heavy (non-hydrogen) atoms. The van der Waals surface area contributed by atoms with Gasteiger partial charge < -0.3 is 9.47 Å². The van der Waals surface area contributed by atoms with E-state index in [0.717, 1.165) is 0 Å². The second kappa shape index (κ2) is 5.28. The fourth-order valence-electron chi connectivity index (χ4n) is 2.80. The van der Waals surface area contributed by atoms with Crippen LogP contribution in [-0.2, 0) is 16.9 Å². The third kappa shape index (κ3) is 2.54. The van der Waals surface area contributed by atoms with Crippen LogP contribution in [0.2, 0.25) is 0 Å². The number of aryl methyl sites for hydroxylation is 1. The Morgan fingerprint density at radius 1 is 1.36 bits per heavy atom. The molecular weight excluding hydrogens is 304 g/mol. The average molecular weight is 322 g/mol. The van der Waals surface area contributed by atoms with Crippen molar-refractivity contribution >= 4 is 15.7 Å². The Bertz CT molecular complexity index is 792. The molecule has 2 aromatic heterocycles. The van der Waals surface area contributed by atoms with Crippen molar-refractivity contribution in [2.75, 3.05) is 18.6 Å². The van der Waals surface area contributed by atoms with E-state index in [2.05, 4.69) is 5.10 Å². The van der Waals surface area contributed by atoms with Gasteiger partial charge in [0.1, 0.15) is 11.4 Å². The highest BCUT2D eigenvalue weighted by molar-refractivity contribution is 7.91. The highest BCUT2D eigenvalue weighted by Crippen LogP contribution is 2.21. The summed E-state index contributed by atoms with van der Waals surface area (Å²) in [5.41, 5.74) is 0.463. The topological polar surface area (TPSA) is 77.2 Å². The van der Waals surface area contributed by atoms with Gasteiger partial charge in [-0.2, -0.15) is 5.10 Å². The van der Waals surface area contributed by atoms with E-state index in [1.165, 1.54) is 11.1 Å². The molecule has 0 bridgehead atoms.